The number of ether oxygens (including phenoxy) is 2. The molecule has 0 aliphatic carbocycles. The Bertz CT molecular complexity index is 405. The van der Waals surface area contributed by atoms with Crippen molar-refractivity contribution in [2.45, 2.75) is 65.7 Å². The van der Waals surface area contributed by atoms with Crippen LogP contribution in [0.1, 0.15) is 65.7 Å². The van der Waals surface area contributed by atoms with Crippen molar-refractivity contribution in [3.05, 3.63) is 0 Å². The zero-order chi connectivity index (χ0) is 19.3. The van der Waals surface area contributed by atoms with Crippen LogP contribution in [0.4, 0.5) is 0 Å². The maximum Gasteiger partial charge on any atom is 0.307 e. The van der Waals surface area contributed by atoms with Crippen molar-refractivity contribution >= 4 is 11.9 Å². The highest BCUT2D eigenvalue weighted by atomic mass is 16.5. The van der Waals surface area contributed by atoms with Gasteiger partial charge in [0.05, 0.1) is 19.6 Å². The summed E-state index contributed by atoms with van der Waals surface area (Å²) < 4.78 is 10.5. The van der Waals surface area contributed by atoms with E-state index in [1.165, 1.54) is 0 Å². The van der Waals surface area contributed by atoms with Crippen molar-refractivity contribution in [2.75, 3.05) is 45.9 Å². The lowest BCUT2D eigenvalue weighted by Gasteiger charge is -2.26. The Morgan fingerprint density at radius 1 is 0.962 bits per heavy atom. The van der Waals surface area contributed by atoms with Crippen LogP contribution in [0.15, 0.2) is 0 Å². The van der Waals surface area contributed by atoms with Gasteiger partial charge in [0.2, 0.25) is 0 Å². The first-order valence-corrected chi connectivity index (χ1v) is 10.2. The molecular formula is C20H38N2O4. The van der Waals surface area contributed by atoms with Crippen LogP contribution in [-0.4, -0.2) is 62.8 Å². The summed E-state index contributed by atoms with van der Waals surface area (Å²) in [7, 11) is 0. The van der Waals surface area contributed by atoms with Crippen LogP contribution in [0.25, 0.3) is 0 Å². The monoisotopic (exact) mass is 370 g/mol. The van der Waals surface area contributed by atoms with Gasteiger partial charge in [-0.05, 0) is 24.7 Å². The average Bonchev–Trinajstić information content (AvgIpc) is 2.68. The second-order valence-electron chi connectivity index (χ2n) is 7.51. The number of nitrogens with zero attached hydrogens (tertiary/aromatic N) is 1. The lowest BCUT2D eigenvalue weighted by Crippen LogP contribution is -2.44. The summed E-state index contributed by atoms with van der Waals surface area (Å²) in [6.07, 6.45) is 5.43. The maximum absolute atomic E-state index is 11.8. The quantitative estimate of drug-likeness (QED) is 0.397. The molecule has 0 aromatic rings. The van der Waals surface area contributed by atoms with Gasteiger partial charge in [0, 0.05) is 39.1 Å². The number of esters is 2. The number of piperazine rings is 1. The van der Waals surface area contributed by atoms with Crippen LogP contribution in [0.2, 0.25) is 0 Å². The predicted molar refractivity (Wildman–Crippen MR) is 103 cm³/mol. The number of carbonyl (C=O) groups excluding carboxylic acids is 2. The molecule has 6 nitrogen and oxygen atoms in total. The fourth-order valence-corrected chi connectivity index (χ4v) is 2.91. The average molecular weight is 371 g/mol. The molecular weight excluding hydrogens is 332 g/mol. The molecule has 1 fully saturated rings. The summed E-state index contributed by atoms with van der Waals surface area (Å²) in [5.41, 5.74) is 0.234. The van der Waals surface area contributed by atoms with Crippen LogP contribution >= 0.6 is 0 Å². The van der Waals surface area contributed by atoms with Gasteiger partial charge in [-0.3, -0.25) is 9.59 Å². The van der Waals surface area contributed by atoms with Gasteiger partial charge in [0.25, 0.3) is 0 Å². The van der Waals surface area contributed by atoms with E-state index in [-0.39, 0.29) is 17.4 Å². The number of carbonyl (C=O) groups is 2. The molecule has 6 heteroatoms. The van der Waals surface area contributed by atoms with Crippen LogP contribution < -0.4 is 5.32 Å². The molecule has 0 unspecified atom stereocenters. The van der Waals surface area contributed by atoms with Gasteiger partial charge in [-0.25, -0.2) is 0 Å². The second-order valence-corrected chi connectivity index (χ2v) is 7.51. The molecule has 0 atom stereocenters. The molecule has 1 saturated heterocycles. The van der Waals surface area contributed by atoms with Crippen LogP contribution in [0, 0.1) is 5.41 Å². The lowest BCUT2D eigenvalue weighted by molar-refractivity contribution is -0.146. The van der Waals surface area contributed by atoms with E-state index in [2.05, 4.69) is 31.0 Å². The number of rotatable bonds is 13. The van der Waals surface area contributed by atoms with E-state index in [0.717, 1.165) is 64.8 Å². The second kappa shape index (κ2) is 13.1. The predicted octanol–water partition coefficient (Wildman–Crippen LogP) is 2.75. The Morgan fingerprint density at radius 3 is 2.04 bits per heavy atom. The normalized spacial score (nSPS) is 15.7. The van der Waals surface area contributed by atoms with Crippen molar-refractivity contribution < 1.29 is 19.1 Å². The largest absolute Gasteiger partial charge is 0.466 e. The van der Waals surface area contributed by atoms with Gasteiger partial charge in [0.1, 0.15) is 0 Å². The minimum Gasteiger partial charge on any atom is -0.466 e. The molecule has 152 valence electrons. The summed E-state index contributed by atoms with van der Waals surface area (Å²) in [4.78, 5) is 25.8. The summed E-state index contributed by atoms with van der Waals surface area (Å²) in [5.74, 6) is -0.259. The number of nitrogens with one attached hydrogen (secondary N) is 1. The maximum atomic E-state index is 11.8. The van der Waals surface area contributed by atoms with E-state index in [9.17, 15) is 9.59 Å². The van der Waals surface area contributed by atoms with E-state index < -0.39 is 0 Å². The van der Waals surface area contributed by atoms with Gasteiger partial charge in [-0.2, -0.15) is 0 Å². The Morgan fingerprint density at radius 2 is 1.50 bits per heavy atom. The third-order valence-electron chi connectivity index (χ3n) is 5.55. The molecule has 0 aromatic heterocycles. The van der Waals surface area contributed by atoms with Crippen molar-refractivity contribution in [1.29, 1.82) is 0 Å². The number of hydrogen-bond donors (Lipinski definition) is 1. The van der Waals surface area contributed by atoms with Crippen molar-refractivity contribution in [2.24, 2.45) is 5.41 Å². The molecule has 1 N–H and O–H groups in total. The lowest BCUT2D eigenvalue weighted by atomic mass is 9.80. The minimum absolute atomic E-state index is 0.119. The zero-order valence-electron chi connectivity index (χ0n) is 17.0. The van der Waals surface area contributed by atoms with Crippen molar-refractivity contribution in [3.8, 4) is 0 Å². The van der Waals surface area contributed by atoms with Gasteiger partial charge < -0.3 is 19.7 Å². The summed E-state index contributed by atoms with van der Waals surface area (Å²) in [6.45, 7) is 12.1. The summed E-state index contributed by atoms with van der Waals surface area (Å²) in [5, 5.41) is 3.29. The summed E-state index contributed by atoms with van der Waals surface area (Å²) in [6, 6.07) is 0. The van der Waals surface area contributed by atoms with Gasteiger partial charge in [0.15, 0.2) is 0 Å². The third-order valence-corrected chi connectivity index (χ3v) is 5.55. The number of hydrogen-bond acceptors (Lipinski definition) is 6. The molecule has 0 bridgehead atoms. The highest BCUT2D eigenvalue weighted by Crippen LogP contribution is 2.30. The highest BCUT2D eigenvalue weighted by molar-refractivity contribution is 5.69. The van der Waals surface area contributed by atoms with Crippen LogP contribution in [0.5, 0.6) is 0 Å². The van der Waals surface area contributed by atoms with Crippen molar-refractivity contribution in [1.82, 2.24) is 10.2 Å². The minimum atomic E-state index is -0.140. The molecule has 0 aromatic carbocycles. The van der Waals surface area contributed by atoms with Crippen molar-refractivity contribution in [3.63, 3.8) is 0 Å². The van der Waals surface area contributed by atoms with E-state index in [4.69, 9.17) is 9.47 Å². The zero-order valence-corrected chi connectivity index (χ0v) is 17.0. The van der Waals surface area contributed by atoms with Crippen LogP contribution in [0.3, 0.4) is 0 Å². The molecule has 26 heavy (non-hydrogen) atoms. The molecule has 1 aliphatic heterocycles. The number of unbranched alkanes of at least 4 members (excludes halogenated alkanes) is 1. The van der Waals surface area contributed by atoms with Gasteiger partial charge in [-0.15, -0.1) is 0 Å². The Balaban J connectivity index is 1.96. The Hall–Kier alpha value is -1.14. The topological polar surface area (TPSA) is 67.9 Å². The van der Waals surface area contributed by atoms with E-state index >= 15 is 0 Å². The van der Waals surface area contributed by atoms with E-state index in [0.29, 0.717) is 26.1 Å². The van der Waals surface area contributed by atoms with Gasteiger partial charge >= 0.3 is 11.9 Å². The standard InChI is InChI=1S/C20H38N2O4/c1-4-20(3,5-2)10-8-18(23)25-16-6-7-17-26-19(24)9-13-22-14-11-21-12-15-22/h21H,4-17H2,1-3H3. The fourth-order valence-electron chi connectivity index (χ4n) is 2.91. The molecule has 1 aliphatic rings. The first-order valence-electron chi connectivity index (χ1n) is 10.2. The molecule has 0 radical (unpaired) electrons. The Kier molecular flexibility index (Phi) is 11.5. The molecule has 0 spiro atoms. The first kappa shape index (κ1) is 22.9. The fraction of sp³-hybridized carbons (Fsp3) is 0.900. The smallest absolute Gasteiger partial charge is 0.307 e. The first-order chi connectivity index (χ1) is 12.5. The molecule has 1 rings (SSSR count). The Labute approximate surface area is 159 Å². The van der Waals surface area contributed by atoms with Crippen LogP contribution in [-0.2, 0) is 19.1 Å². The SMILES string of the molecule is CCC(C)(CC)CCC(=O)OCCCCOC(=O)CCN1CCNCC1. The highest BCUT2D eigenvalue weighted by Gasteiger charge is 2.21. The van der Waals surface area contributed by atoms with Gasteiger partial charge in [-0.1, -0.05) is 33.6 Å². The molecule has 0 saturated carbocycles. The summed E-state index contributed by atoms with van der Waals surface area (Å²) >= 11 is 0. The third kappa shape index (κ3) is 10.1. The van der Waals surface area contributed by atoms with E-state index in [1.807, 2.05) is 0 Å². The van der Waals surface area contributed by atoms with E-state index in [1.54, 1.807) is 0 Å². The molecule has 0 amide bonds. The molecule has 1 heterocycles.